The van der Waals surface area contributed by atoms with Gasteiger partial charge >= 0.3 is 11.9 Å². The maximum Gasteiger partial charge on any atom is 0.339 e. The first-order chi connectivity index (χ1) is 15.7. The molecule has 9 nitrogen and oxygen atoms in total. The number of hydrogen-bond donors (Lipinski definition) is 1. The van der Waals surface area contributed by atoms with E-state index in [1.807, 2.05) is 24.4 Å². The monoisotopic (exact) mass is 494 g/mol. The van der Waals surface area contributed by atoms with Gasteiger partial charge in [-0.05, 0) is 43.3 Å². The topological polar surface area (TPSA) is 119 Å². The number of thiophene rings is 1. The van der Waals surface area contributed by atoms with Gasteiger partial charge < -0.3 is 14.8 Å². The van der Waals surface area contributed by atoms with Crippen molar-refractivity contribution in [3.8, 4) is 0 Å². The fraction of sp³-hybridized carbons (Fsp3) is 0.409. The van der Waals surface area contributed by atoms with Gasteiger partial charge in [-0.1, -0.05) is 18.2 Å². The highest BCUT2D eigenvalue weighted by Crippen LogP contribution is 2.27. The van der Waals surface area contributed by atoms with Crippen LogP contribution in [0.25, 0.3) is 0 Å². The van der Waals surface area contributed by atoms with Crippen molar-refractivity contribution in [1.29, 1.82) is 0 Å². The second kappa shape index (κ2) is 10.9. The highest BCUT2D eigenvalue weighted by atomic mass is 32.2. The van der Waals surface area contributed by atoms with Gasteiger partial charge in [-0.2, -0.15) is 4.31 Å². The lowest BCUT2D eigenvalue weighted by Crippen LogP contribution is -2.41. The Kier molecular flexibility index (Phi) is 8.22. The van der Waals surface area contributed by atoms with Crippen molar-refractivity contribution >= 4 is 39.2 Å². The van der Waals surface area contributed by atoms with Crippen molar-refractivity contribution in [3.05, 3.63) is 52.2 Å². The molecule has 1 aliphatic rings. The molecule has 1 amide bonds. The lowest BCUT2D eigenvalue weighted by Gasteiger charge is -2.30. The predicted molar refractivity (Wildman–Crippen MR) is 121 cm³/mol. The van der Waals surface area contributed by atoms with Crippen LogP contribution in [-0.2, 0) is 29.1 Å². The van der Waals surface area contributed by atoms with Gasteiger partial charge in [-0.15, -0.1) is 11.3 Å². The van der Waals surface area contributed by atoms with E-state index in [1.165, 1.54) is 41.0 Å². The van der Waals surface area contributed by atoms with Crippen molar-refractivity contribution < 1.29 is 32.3 Å². The minimum atomic E-state index is -3.94. The number of ether oxygens (including phenoxy) is 2. The summed E-state index contributed by atoms with van der Waals surface area (Å²) < 4.78 is 37.2. The standard InChI is InChI=1S/C22H26N2O7S2/c1-15(18-7-5-13-32-18)23-20(25)14-31-21(26)16-9-11-24(12-10-16)33(28,29)19-8-4-3-6-17(19)22(27)30-2/h3-8,13,15-16H,9-12,14H2,1-2H3,(H,23,25). The molecule has 11 heteroatoms. The third-order valence-electron chi connectivity index (χ3n) is 5.39. The number of sulfonamides is 1. The highest BCUT2D eigenvalue weighted by molar-refractivity contribution is 7.89. The normalized spacial score (nSPS) is 16.1. The van der Waals surface area contributed by atoms with Gasteiger partial charge in [-0.25, -0.2) is 13.2 Å². The number of piperidine rings is 1. The molecule has 0 bridgehead atoms. The zero-order chi connectivity index (χ0) is 24.0. The van der Waals surface area contributed by atoms with Crippen LogP contribution in [0, 0.1) is 5.92 Å². The van der Waals surface area contributed by atoms with Gasteiger partial charge in [0.1, 0.15) is 0 Å². The number of nitrogens with one attached hydrogen (secondary N) is 1. The summed E-state index contributed by atoms with van der Waals surface area (Å²) in [5.74, 6) is -2.17. The molecule has 1 fully saturated rings. The van der Waals surface area contributed by atoms with E-state index in [2.05, 4.69) is 10.1 Å². The molecular weight excluding hydrogens is 468 g/mol. The van der Waals surface area contributed by atoms with Crippen LogP contribution in [0.15, 0.2) is 46.7 Å². The molecule has 1 aliphatic heterocycles. The first-order valence-corrected chi connectivity index (χ1v) is 12.7. The van der Waals surface area contributed by atoms with Crippen molar-refractivity contribution in [2.45, 2.75) is 30.7 Å². The van der Waals surface area contributed by atoms with Gasteiger partial charge in [-0.3, -0.25) is 9.59 Å². The van der Waals surface area contributed by atoms with Crippen LogP contribution in [0.5, 0.6) is 0 Å². The molecule has 0 aliphatic carbocycles. The number of rotatable bonds is 8. The summed E-state index contributed by atoms with van der Waals surface area (Å²) in [5, 5.41) is 4.69. The van der Waals surface area contributed by atoms with Gasteiger partial charge in [0.05, 0.1) is 29.5 Å². The fourth-order valence-corrected chi connectivity index (χ4v) is 5.97. The van der Waals surface area contributed by atoms with Crippen LogP contribution < -0.4 is 5.32 Å². The lowest BCUT2D eigenvalue weighted by atomic mass is 9.98. The molecule has 1 N–H and O–H groups in total. The molecular formula is C22H26N2O7S2. The molecule has 1 saturated heterocycles. The maximum atomic E-state index is 13.1. The number of carbonyl (C=O) groups is 3. The van der Waals surface area contributed by atoms with E-state index >= 15 is 0 Å². The number of amides is 1. The Bertz CT molecular complexity index is 1090. The molecule has 3 rings (SSSR count). The number of carbonyl (C=O) groups excluding carboxylic acids is 3. The van der Waals surface area contributed by atoms with E-state index in [4.69, 9.17) is 4.74 Å². The Morgan fingerprint density at radius 2 is 1.85 bits per heavy atom. The van der Waals surface area contributed by atoms with Crippen LogP contribution >= 0.6 is 11.3 Å². The van der Waals surface area contributed by atoms with Gasteiger partial charge in [0.2, 0.25) is 10.0 Å². The minimum Gasteiger partial charge on any atom is -0.465 e. The number of esters is 2. The van der Waals surface area contributed by atoms with Crippen molar-refractivity contribution in [2.75, 3.05) is 26.8 Å². The van der Waals surface area contributed by atoms with Crippen LogP contribution in [0.1, 0.15) is 41.0 Å². The Labute approximate surface area is 196 Å². The Balaban J connectivity index is 1.52. The molecule has 33 heavy (non-hydrogen) atoms. The van der Waals surface area contributed by atoms with Crippen LogP contribution in [0.4, 0.5) is 0 Å². The number of methoxy groups -OCH3 is 1. The second-order valence-corrected chi connectivity index (χ2v) is 10.5. The van der Waals surface area contributed by atoms with E-state index in [-0.39, 0.29) is 49.0 Å². The number of benzene rings is 1. The summed E-state index contributed by atoms with van der Waals surface area (Å²) in [7, 11) is -2.75. The summed E-state index contributed by atoms with van der Waals surface area (Å²) >= 11 is 1.52. The fourth-order valence-electron chi connectivity index (χ4n) is 3.59. The molecule has 1 aromatic heterocycles. The minimum absolute atomic E-state index is 0.0377. The summed E-state index contributed by atoms with van der Waals surface area (Å²) in [5.41, 5.74) is -0.0377. The molecule has 178 valence electrons. The summed E-state index contributed by atoms with van der Waals surface area (Å²) in [6, 6.07) is 9.47. The first kappa shape index (κ1) is 24.9. The summed E-state index contributed by atoms with van der Waals surface area (Å²) in [6.45, 7) is 1.65. The molecule has 0 saturated carbocycles. The van der Waals surface area contributed by atoms with Gasteiger partial charge in [0.15, 0.2) is 6.61 Å². The van der Waals surface area contributed by atoms with E-state index < -0.39 is 33.8 Å². The summed E-state index contributed by atoms with van der Waals surface area (Å²) in [6.07, 6.45) is 0.511. The third kappa shape index (κ3) is 5.98. The Morgan fingerprint density at radius 1 is 1.15 bits per heavy atom. The van der Waals surface area contributed by atoms with Crippen LogP contribution in [-0.4, -0.2) is 57.4 Å². The zero-order valence-corrected chi connectivity index (χ0v) is 20.0. The quantitative estimate of drug-likeness (QED) is 0.560. The van der Waals surface area contributed by atoms with E-state index in [0.29, 0.717) is 0 Å². The number of nitrogens with zero attached hydrogens (tertiary/aromatic N) is 1. The largest absolute Gasteiger partial charge is 0.465 e. The van der Waals surface area contributed by atoms with Gasteiger partial charge in [0.25, 0.3) is 5.91 Å². The molecule has 2 heterocycles. The average molecular weight is 495 g/mol. The van der Waals surface area contributed by atoms with Crippen molar-refractivity contribution in [3.63, 3.8) is 0 Å². The van der Waals surface area contributed by atoms with E-state index in [9.17, 15) is 22.8 Å². The molecule has 1 atom stereocenters. The van der Waals surface area contributed by atoms with Crippen molar-refractivity contribution in [1.82, 2.24) is 9.62 Å². The maximum absolute atomic E-state index is 13.1. The SMILES string of the molecule is COC(=O)c1ccccc1S(=O)(=O)N1CCC(C(=O)OCC(=O)NC(C)c2cccs2)CC1. The molecule has 1 unspecified atom stereocenters. The predicted octanol–water partition coefficient (Wildman–Crippen LogP) is 2.36. The molecule has 0 spiro atoms. The number of hydrogen-bond acceptors (Lipinski definition) is 8. The van der Waals surface area contributed by atoms with Crippen LogP contribution in [0.2, 0.25) is 0 Å². The Hall–Kier alpha value is -2.76. The third-order valence-corrected chi connectivity index (χ3v) is 8.40. The molecule has 0 radical (unpaired) electrons. The average Bonchev–Trinajstić information content (AvgIpc) is 3.37. The van der Waals surface area contributed by atoms with Gasteiger partial charge in [0, 0.05) is 18.0 Å². The summed E-state index contributed by atoms with van der Waals surface area (Å²) in [4.78, 5) is 37.3. The van der Waals surface area contributed by atoms with E-state index in [0.717, 1.165) is 4.88 Å². The van der Waals surface area contributed by atoms with Crippen molar-refractivity contribution in [2.24, 2.45) is 5.92 Å². The van der Waals surface area contributed by atoms with E-state index in [1.54, 1.807) is 6.07 Å². The molecule has 1 aromatic carbocycles. The zero-order valence-electron chi connectivity index (χ0n) is 18.4. The highest BCUT2D eigenvalue weighted by Gasteiger charge is 2.35. The molecule has 2 aromatic rings. The second-order valence-electron chi connectivity index (χ2n) is 7.58. The first-order valence-electron chi connectivity index (χ1n) is 10.4. The smallest absolute Gasteiger partial charge is 0.339 e. The van der Waals surface area contributed by atoms with Crippen LogP contribution in [0.3, 0.4) is 0 Å². The lowest BCUT2D eigenvalue weighted by molar-refractivity contribution is -0.153. The Morgan fingerprint density at radius 3 is 2.48 bits per heavy atom.